The number of hydrogen-bond donors (Lipinski definition) is 2. The van der Waals surface area contributed by atoms with Crippen LogP contribution in [0.1, 0.15) is 30.7 Å². The van der Waals surface area contributed by atoms with Gasteiger partial charge in [0, 0.05) is 31.1 Å². The summed E-state index contributed by atoms with van der Waals surface area (Å²) in [5.74, 6) is 0.766. The van der Waals surface area contributed by atoms with Crippen molar-refractivity contribution >= 4 is 0 Å². The molecule has 2 nitrogen and oxygen atoms in total. The van der Waals surface area contributed by atoms with E-state index in [1.54, 1.807) is 0 Å². The molecule has 2 saturated carbocycles. The van der Waals surface area contributed by atoms with Crippen molar-refractivity contribution in [1.29, 1.82) is 0 Å². The van der Waals surface area contributed by atoms with Gasteiger partial charge in [0.25, 0.3) is 0 Å². The highest BCUT2D eigenvalue weighted by molar-refractivity contribution is 5.27. The Labute approximate surface area is 97.4 Å². The highest BCUT2D eigenvalue weighted by Crippen LogP contribution is 2.40. The van der Waals surface area contributed by atoms with Crippen molar-refractivity contribution in [2.75, 3.05) is 13.1 Å². The topological polar surface area (TPSA) is 24.1 Å². The van der Waals surface area contributed by atoms with Crippen LogP contribution in [-0.4, -0.2) is 25.2 Å². The number of benzene rings is 1. The Morgan fingerprint density at radius 1 is 1.00 bits per heavy atom. The molecule has 2 aliphatic rings. The molecular weight excluding hydrogens is 196 g/mol. The van der Waals surface area contributed by atoms with Crippen molar-refractivity contribution in [3.8, 4) is 0 Å². The monoisotopic (exact) mass is 216 g/mol. The lowest BCUT2D eigenvalue weighted by Crippen LogP contribution is -2.30. The van der Waals surface area contributed by atoms with Crippen LogP contribution >= 0.6 is 0 Å². The minimum absolute atomic E-state index is 0.725. The van der Waals surface area contributed by atoms with Crippen LogP contribution in [0.4, 0.5) is 0 Å². The minimum atomic E-state index is 0.725. The maximum absolute atomic E-state index is 3.63. The maximum atomic E-state index is 3.63. The minimum Gasteiger partial charge on any atom is -0.313 e. The molecule has 2 unspecified atom stereocenters. The number of rotatable bonds is 6. The molecule has 2 atom stereocenters. The average molecular weight is 216 g/mol. The van der Waals surface area contributed by atoms with Gasteiger partial charge in [0.15, 0.2) is 0 Å². The Hall–Kier alpha value is -0.860. The largest absolute Gasteiger partial charge is 0.313 e. The van der Waals surface area contributed by atoms with Crippen molar-refractivity contribution in [3.05, 3.63) is 35.9 Å². The Bertz CT molecular complexity index is 332. The first-order chi connectivity index (χ1) is 7.93. The third-order valence-corrected chi connectivity index (χ3v) is 3.56. The van der Waals surface area contributed by atoms with Crippen LogP contribution in [0.15, 0.2) is 30.3 Å². The second-order valence-electron chi connectivity index (χ2n) is 5.04. The average Bonchev–Trinajstić information content (AvgIpc) is 3.21. The predicted molar refractivity (Wildman–Crippen MR) is 66.6 cm³/mol. The lowest BCUT2D eigenvalue weighted by atomic mass is 10.1. The first kappa shape index (κ1) is 10.3. The Morgan fingerprint density at radius 3 is 2.50 bits per heavy atom. The molecule has 0 aromatic heterocycles. The van der Waals surface area contributed by atoms with Crippen LogP contribution in [-0.2, 0) is 0 Å². The summed E-state index contributed by atoms with van der Waals surface area (Å²) in [5.41, 5.74) is 1.50. The zero-order valence-corrected chi connectivity index (χ0v) is 9.65. The first-order valence-electron chi connectivity index (χ1n) is 6.45. The summed E-state index contributed by atoms with van der Waals surface area (Å²) in [4.78, 5) is 0. The van der Waals surface area contributed by atoms with E-state index in [1.807, 2.05) is 0 Å². The normalized spacial score (nSPS) is 28.0. The summed E-state index contributed by atoms with van der Waals surface area (Å²) in [6.07, 6.45) is 4.08. The Balaban J connectivity index is 1.36. The second kappa shape index (κ2) is 4.56. The van der Waals surface area contributed by atoms with Gasteiger partial charge in [-0.2, -0.15) is 0 Å². The van der Waals surface area contributed by atoms with E-state index in [9.17, 15) is 0 Å². The van der Waals surface area contributed by atoms with Gasteiger partial charge in [-0.15, -0.1) is 0 Å². The van der Waals surface area contributed by atoms with Crippen LogP contribution < -0.4 is 10.6 Å². The van der Waals surface area contributed by atoms with Crippen LogP contribution in [0.3, 0.4) is 0 Å². The van der Waals surface area contributed by atoms with E-state index in [4.69, 9.17) is 0 Å². The second-order valence-corrected chi connectivity index (χ2v) is 5.04. The van der Waals surface area contributed by atoms with E-state index in [1.165, 1.54) is 24.8 Å². The molecule has 2 heteroatoms. The zero-order valence-electron chi connectivity index (χ0n) is 9.65. The molecule has 0 saturated heterocycles. The fourth-order valence-corrected chi connectivity index (χ4v) is 2.31. The molecular formula is C14H20N2. The molecule has 0 amide bonds. The van der Waals surface area contributed by atoms with Gasteiger partial charge in [-0.3, -0.25) is 0 Å². The van der Waals surface area contributed by atoms with Crippen LogP contribution in [0, 0.1) is 0 Å². The molecule has 1 aromatic carbocycles. The van der Waals surface area contributed by atoms with Gasteiger partial charge in [-0.05, 0) is 24.8 Å². The standard InChI is InChI=1S/C14H20N2/c1-2-4-11(5-3-1)13-10-14(13)16-9-8-15-12-6-7-12/h1-5,12-16H,6-10H2. The van der Waals surface area contributed by atoms with Gasteiger partial charge in [0.2, 0.25) is 0 Å². The van der Waals surface area contributed by atoms with Crippen LogP contribution in [0.2, 0.25) is 0 Å². The smallest absolute Gasteiger partial charge is 0.0143 e. The van der Waals surface area contributed by atoms with Crippen molar-refractivity contribution < 1.29 is 0 Å². The molecule has 0 heterocycles. The summed E-state index contributed by atoms with van der Waals surface area (Å²) in [5, 5.41) is 7.16. The van der Waals surface area contributed by atoms with Crippen LogP contribution in [0.25, 0.3) is 0 Å². The van der Waals surface area contributed by atoms with Gasteiger partial charge in [-0.25, -0.2) is 0 Å². The van der Waals surface area contributed by atoms with E-state index >= 15 is 0 Å². The quantitative estimate of drug-likeness (QED) is 0.710. The van der Waals surface area contributed by atoms with Crippen molar-refractivity contribution in [2.24, 2.45) is 0 Å². The number of nitrogens with one attached hydrogen (secondary N) is 2. The maximum Gasteiger partial charge on any atom is 0.0143 e. The molecule has 0 spiro atoms. The van der Waals surface area contributed by atoms with Crippen molar-refractivity contribution in [3.63, 3.8) is 0 Å². The molecule has 0 aliphatic heterocycles. The van der Waals surface area contributed by atoms with Crippen LogP contribution in [0.5, 0.6) is 0 Å². The fourth-order valence-electron chi connectivity index (χ4n) is 2.31. The molecule has 3 rings (SSSR count). The van der Waals surface area contributed by atoms with E-state index in [0.29, 0.717) is 0 Å². The predicted octanol–water partition coefficient (Wildman–Crippen LogP) is 1.88. The van der Waals surface area contributed by atoms with Crippen molar-refractivity contribution in [2.45, 2.75) is 37.3 Å². The summed E-state index contributed by atoms with van der Waals surface area (Å²) in [6, 6.07) is 12.4. The van der Waals surface area contributed by atoms with Gasteiger partial charge >= 0.3 is 0 Å². The first-order valence-corrected chi connectivity index (χ1v) is 6.45. The molecule has 2 fully saturated rings. The van der Waals surface area contributed by atoms with E-state index < -0.39 is 0 Å². The third kappa shape index (κ3) is 2.63. The fraction of sp³-hybridized carbons (Fsp3) is 0.571. The third-order valence-electron chi connectivity index (χ3n) is 3.56. The summed E-state index contributed by atoms with van der Waals surface area (Å²) in [6.45, 7) is 2.24. The number of hydrogen-bond acceptors (Lipinski definition) is 2. The molecule has 16 heavy (non-hydrogen) atoms. The van der Waals surface area contributed by atoms with Gasteiger partial charge < -0.3 is 10.6 Å². The van der Waals surface area contributed by atoms with Gasteiger partial charge in [-0.1, -0.05) is 30.3 Å². The van der Waals surface area contributed by atoms with E-state index in [0.717, 1.165) is 31.1 Å². The van der Waals surface area contributed by atoms with E-state index in [2.05, 4.69) is 41.0 Å². The Kier molecular flexibility index (Phi) is 2.94. The molecule has 2 N–H and O–H groups in total. The van der Waals surface area contributed by atoms with E-state index in [-0.39, 0.29) is 0 Å². The summed E-state index contributed by atoms with van der Waals surface area (Å²) >= 11 is 0. The molecule has 1 aromatic rings. The lowest BCUT2D eigenvalue weighted by molar-refractivity contribution is 0.600. The highest BCUT2D eigenvalue weighted by atomic mass is 15.0. The summed E-state index contributed by atoms with van der Waals surface area (Å²) < 4.78 is 0. The zero-order chi connectivity index (χ0) is 10.8. The summed E-state index contributed by atoms with van der Waals surface area (Å²) in [7, 11) is 0. The molecule has 0 radical (unpaired) electrons. The SMILES string of the molecule is c1ccc(C2CC2NCCNC2CC2)cc1. The lowest BCUT2D eigenvalue weighted by Gasteiger charge is -2.05. The van der Waals surface area contributed by atoms with Crippen molar-refractivity contribution in [1.82, 2.24) is 10.6 Å². The highest BCUT2D eigenvalue weighted by Gasteiger charge is 2.37. The molecule has 2 aliphatic carbocycles. The Morgan fingerprint density at radius 2 is 1.75 bits per heavy atom. The molecule has 0 bridgehead atoms. The van der Waals surface area contributed by atoms with Gasteiger partial charge in [0.05, 0.1) is 0 Å². The van der Waals surface area contributed by atoms with Gasteiger partial charge in [0.1, 0.15) is 0 Å². The molecule has 86 valence electrons.